The summed E-state index contributed by atoms with van der Waals surface area (Å²) < 4.78 is 10.5. The molecule has 1 amide bonds. The van der Waals surface area contributed by atoms with Crippen molar-refractivity contribution in [3.8, 4) is 5.75 Å². The fourth-order valence-corrected chi connectivity index (χ4v) is 4.81. The van der Waals surface area contributed by atoms with Crippen LogP contribution in [0.5, 0.6) is 5.75 Å². The van der Waals surface area contributed by atoms with Crippen molar-refractivity contribution < 1.29 is 29.0 Å². The predicted octanol–water partition coefficient (Wildman–Crippen LogP) is 4.42. The first-order valence-corrected chi connectivity index (χ1v) is 11.7. The number of likely N-dealkylation sites (tertiary alicyclic amines) is 1. The molecule has 0 bridgehead atoms. The van der Waals surface area contributed by atoms with Gasteiger partial charge in [-0.1, -0.05) is 42.5 Å². The number of hydrogen-bond acceptors (Lipinski definition) is 6. The Morgan fingerprint density at radius 1 is 1.03 bits per heavy atom. The molecule has 5 rings (SSSR count). The van der Waals surface area contributed by atoms with Crippen LogP contribution in [0.3, 0.4) is 0 Å². The van der Waals surface area contributed by atoms with Crippen LogP contribution in [0.1, 0.15) is 45.6 Å². The molecule has 2 heterocycles. The molecule has 3 aromatic carbocycles. The van der Waals surface area contributed by atoms with E-state index in [0.29, 0.717) is 23.1 Å². The Kier molecular flexibility index (Phi) is 6.06. The van der Waals surface area contributed by atoms with Crippen molar-refractivity contribution in [2.24, 2.45) is 0 Å². The van der Waals surface area contributed by atoms with Crippen LogP contribution in [-0.2, 0) is 27.3 Å². The SMILES string of the molecule is COC(=O)c1ccc([C@@H]2C(=C(O)c3ccc4c(c3)C[C@@H](C)O4)C(=O)C(=O)N2Cc2ccccc2)cc1. The van der Waals surface area contributed by atoms with Crippen LogP contribution in [0.25, 0.3) is 5.76 Å². The summed E-state index contributed by atoms with van der Waals surface area (Å²) in [6.07, 6.45) is 0.721. The number of aliphatic hydroxyl groups excluding tert-OH is 1. The van der Waals surface area contributed by atoms with Crippen molar-refractivity contribution in [1.82, 2.24) is 4.90 Å². The number of carbonyl (C=O) groups excluding carboxylic acids is 3. The van der Waals surface area contributed by atoms with Crippen LogP contribution < -0.4 is 4.74 Å². The summed E-state index contributed by atoms with van der Waals surface area (Å²) in [5.74, 6) is -1.43. The molecule has 0 spiro atoms. The minimum Gasteiger partial charge on any atom is -0.507 e. The molecule has 0 saturated carbocycles. The monoisotopic (exact) mass is 483 g/mol. The number of aliphatic hydroxyl groups is 1. The molecule has 0 aromatic heterocycles. The molecule has 1 saturated heterocycles. The zero-order valence-electron chi connectivity index (χ0n) is 19.9. The highest BCUT2D eigenvalue weighted by Gasteiger charge is 2.46. The van der Waals surface area contributed by atoms with Gasteiger partial charge in [0.05, 0.1) is 24.3 Å². The van der Waals surface area contributed by atoms with Crippen LogP contribution in [0.15, 0.2) is 78.4 Å². The van der Waals surface area contributed by atoms with Gasteiger partial charge in [-0.2, -0.15) is 0 Å². The van der Waals surface area contributed by atoms with E-state index >= 15 is 0 Å². The van der Waals surface area contributed by atoms with E-state index in [1.807, 2.05) is 37.3 Å². The van der Waals surface area contributed by atoms with Crippen LogP contribution in [0.2, 0.25) is 0 Å². The number of rotatable bonds is 5. The number of esters is 1. The average molecular weight is 484 g/mol. The Morgan fingerprint density at radius 3 is 2.42 bits per heavy atom. The third-order valence-electron chi connectivity index (χ3n) is 6.55. The average Bonchev–Trinajstić information content (AvgIpc) is 3.39. The summed E-state index contributed by atoms with van der Waals surface area (Å²) >= 11 is 0. The summed E-state index contributed by atoms with van der Waals surface area (Å²) in [5, 5.41) is 11.4. The Balaban J connectivity index is 1.62. The van der Waals surface area contributed by atoms with Crippen molar-refractivity contribution in [3.05, 3.63) is 106 Å². The zero-order chi connectivity index (χ0) is 25.4. The minimum atomic E-state index is -0.833. The number of nitrogens with zero attached hydrogens (tertiary/aromatic N) is 1. The summed E-state index contributed by atoms with van der Waals surface area (Å²) in [6.45, 7) is 2.15. The lowest BCUT2D eigenvalue weighted by atomic mass is 9.93. The minimum absolute atomic E-state index is 0.00802. The molecule has 1 N–H and O–H groups in total. The number of ether oxygens (including phenoxy) is 2. The molecule has 36 heavy (non-hydrogen) atoms. The van der Waals surface area contributed by atoms with E-state index in [1.165, 1.54) is 12.0 Å². The highest BCUT2D eigenvalue weighted by Crippen LogP contribution is 2.41. The molecule has 2 aliphatic rings. The molecule has 3 aromatic rings. The fraction of sp³-hybridized carbons (Fsp3) is 0.207. The third-order valence-corrected chi connectivity index (χ3v) is 6.55. The predicted molar refractivity (Wildman–Crippen MR) is 132 cm³/mol. The van der Waals surface area contributed by atoms with Crippen LogP contribution in [0.4, 0.5) is 0 Å². The maximum absolute atomic E-state index is 13.3. The molecular formula is C29H25NO6. The molecule has 7 nitrogen and oxygen atoms in total. The van der Waals surface area contributed by atoms with Crippen molar-refractivity contribution in [2.45, 2.75) is 32.0 Å². The number of Topliss-reactive ketones (excluding diaryl/α,β-unsaturated/α-hetero) is 1. The van der Waals surface area contributed by atoms with Crippen molar-refractivity contribution in [2.75, 3.05) is 7.11 Å². The van der Waals surface area contributed by atoms with E-state index in [0.717, 1.165) is 16.9 Å². The van der Waals surface area contributed by atoms with Gasteiger partial charge in [0, 0.05) is 18.5 Å². The van der Waals surface area contributed by atoms with Gasteiger partial charge in [0.15, 0.2) is 0 Å². The lowest BCUT2D eigenvalue weighted by molar-refractivity contribution is -0.140. The second kappa shape index (κ2) is 9.34. The van der Waals surface area contributed by atoms with Gasteiger partial charge in [0.2, 0.25) is 0 Å². The van der Waals surface area contributed by atoms with Gasteiger partial charge >= 0.3 is 5.97 Å². The Bertz CT molecular complexity index is 1380. The standard InChI is InChI=1S/C29H25NO6/c1-17-14-22-15-21(12-13-23(22)36-17)26(31)24-25(19-8-10-20(11-9-19)29(34)35-2)30(28(33)27(24)32)16-18-6-4-3-5-7-18/h3-13,15,17,25,31H,14,16H2,1-2H3/t17-,25-/m1/s1. The van der Waals surface area contributed by atoms with Gasteiger partial charge in [-0.25, -0.2) is 4.79 Å². The lowest BCUT2D eigenvalue weighted by Crippen LogP contribution is -2.29. The van der Waals surface area contributed by atoms with Gasteiger partial charge in [-0.3, -0.25) is 9.59 Å². The van der Waals surface area contributed by atoms with Gasteiger partial charge in [0.1, 0.15) is 17.6 Å². The number of amides is 1. The lowest BCUT2D eigenvalue weighted by Gasteiger charge is -2.25. The molecule has 182 valence electrons. The molecule has 1 fully saturated rings. The highest BCUT2D eigenvalue weighted by atomic mass is 16.5. The van der Waals surface area contributed by atoms with Crippen LogP contribution in [-0.4, -0.2) is 40.9 Å². The topological polar surface area (TPSA) is 93.1 Å². The van der Waals surface area contributed by atoms with Crippen LogP contribution in [0, 0.1) is 0 Å². The fourth-order valence-electron chi connectivity index (χ4n) is 4.81. The van der Waals surface area contributed by atoms with E-state index in [4.69, 9.17) is 9.47 Å². The van der Waals surface area contributed by atoms with Crippen molar-refractivity contribution in [3.63, 3.8) is 0 Å². The summed E-state index contributed by atoms with van der Waals surface area (Å²) in [4.78, 5) is 39.9. The second-order valence-electron chi connectivity index (χ2n) is 8.98. The van der Waals surface area contributed by atoms with E-state index < -0.39 is 23.7 Å². The number of hydrogen-bond donors (Lipinski definition) is 1. The maximum Gasteiger partial charge on any atom is 0.337 e. The quantitative estimate of drug-likeness (QED) is 0.250. The summed E-state index contributed by atoms with van der Waals surface area (Å²) in [6, 6.07) is 20.3. The normalized spacial score (nSPS) is 20.2. The largest absolute Gasteiger partial charge is 0.507 e. The third kappa shape index (κ3) is 4.13. The Hall–Kier alpha value is -4.39. The first-order valence-electron chi connectivity index (χ1n) is 11.7. The maximum atomic E-state index is 13.3. The number of carbonyl (C=O) groups is 3. The van der Waals surface area contributed by atoms with Crippen molar-refractivity contribution in [1.29, 1.82) is 0 Å². The number of benzene rings is 3. The summed E-state index contributed by atoms with van der Waals surface area (Å²) in [7, 11) is 1.30. The van der Waals surface area contributed by atoms with E-state index in [-0.39, 0.29) is 24.0 Å². The zero-order valence-corrected chi connectivity index (χ0v) is 19.9. The molecular weight excluding hydrogens is 458 g/mol. The number of ketones is 1. The Labute approximate surface area is 208 Å². The second-order valence-corrected chi connectivity index (χ2v) is 8.98. The molecule has 2 atom stereocenters. The van der Waals surface area contributed by atoms with E-state index in [2.05, 4.69) is 0 Å². The van der Waals surface area contributed by atoms with Crippen molar-refractivity contribution >= 4 is 23.4 Å². The van der Waals surface area contributed by atoms with E-state index in [9.17, 15) is 19.5 Å². The smallest absolute Gasteiger partial charge is 0.337 e. The molecule has 0 unspecified atom stereocenters. The Morgan fingerprint density at radius 2 is 1.72 bits per heavy atom. The highest BCUT2D eigenvalue weighted by molar-refractivity contribution is 6.46. The van der Waals surface area contributed by atoms with Gasteiger partial charge in [-0.15, -0.1) is 0 Å². The molecule has 2 aliphatic heterocycles. The first-order chi connectivity index (χ1) is 17.4. The molecule has 0 aliphatic carbocycles. The number of fused-ring (bicyclic) bond motifs is 1. The van der Waals surface area contributed by atoms with E-state index in [1.54, 1.807) is 42.5 Å². The molecule has 0 radical (unpaired) electrons. The summed E-state index contributed by atoms with van der Waals surface area (Å²) in [5.41, 5.74) is 3.17. The first kappa shape index (κ1) is 23.4. The number of methoxy groups -OCH3 is 1. The van der Waals surface area contributed by atoms with Gasteiger partial charge < -0.3 is 19.5 Å². The van der Waals surface area contributed by atoms with Gasteiger partial charge in [-0.05, 0) is 53.9 Å². The van der Waals surface area contributed by atoms with Gasteiger partial charge in [0.25, 0.3) is 11.7 Å². The molecule has 7 heteroatoms. The van der Waals surface area contributed by atoms with Crippen LogP contribution >= 0.6 is 0 Å².